The second-order valence-electron chi connectivity index (χ2n) is 7.44. The highest BCUT2D eigenvalue weighted by Crippen LogP contribution is 2.49. The fourth-order valence-electron chi connectivity index (χ4n) is 4.45. The van der Waals surface area contributed by atoms with Crippen LogP contribution in [0.15, 0.2) is 29.2 Å². The lowest BCUT2D eigenvalue weighted by molar-refractivity contribution is 0.0691. The van der Waals surface area contributed by atoms with Crippen molar-refractivity contribution in [2.45, 2.75) is 51.0 Å². The van der Waals surface area contributed by atoms with Gasteiger partial charge in [-0.15, -0.1) is 0 Å². The second-order valence-corrected chi connectivity index (χ2v) is 7.44. The molecule has 4 rings (SSSR count). The third kappa shape index (κ3) is 2.37. The first-order valence-electron chi connectivity index (χ1n) is 9.20. The molecule has 0 saturated heterocycles. The van der Waals surface area contributed by atoms with E-state index < -0.39 is 11.4 Å². The molecule has 1 N–H and O–H groups in total. The van der Waals surface area contributed by atoms with Crippen LogP contribution in [0.3, 0.4) is 0 Å². The third-order valence-electron chi connectivity index (χ3n) is 5.90. The minimum absolute atomic E-state index is 0.0989. The van der Waals surface area contributed by atoms with E-state index in [9.17, 15) is 14.7 Å². The Labute approximate surface area is 152 Å². The summed E-state index contributed by atoms with van der Waals surface area (Å²) in [6.45, 7) is 2.15. The zero-order valence-corrected chi connectivity index (χ0v) is 15.2. The summed E-state index contributed by atoms with van der Waals surface area (Å²) in [5.41, 5.74) is 3.52. The van der Waals surface area contributed by atoms with E-state index in [0.29, 0.717) is 0 Å². The highest BCUT2D eigenvalue weighted by molar-refractivity contribution is 5.88. The van der Waals surface area contributed by atoms with Crippen molar-refractivity contribution < 1.29 is 14.6 Å². The number of hydrogen-bond acceptors (Lipinski definition) is 3. The van der Waals surface area contributed by atoms with Crippen molar-refractivity contribution in [3.63, 3.8) is 0 Å². The number of nitrogens with zero attached hydrogens (tertiary/aromatic N) is 1. The molecule has 0 radical (unpaired) electrons. The number of aryl methyl sites for hydroxylation is 1. The Balaban J connectivity index is 1.97. The van der Waals surface area contributed by atoms with Crippen molar-refractivity contribution >= 4 is 5.97 Å². The van der Waals surface area contributed by atoms with Gasteiger partial charge >= 0.3 is 5.97 Å². The zero-order chi connectivity index (χ0) is 18.5. The molecule has 2 aromatic rings. The van der Waals surface area contributed by atoms with Gasteiger partial charge in [0.2, 0.25) is 0 Å². The number of ether oxygens (including phenoxy) is 1. The van der Waals surface area contributed by atoms with Gasteiger partial charge in [-0.3, -0.25) is 4.79 Å². The first-order valence-corrected chi connectivity index (χ1v) is 9.20. The van der Waals surface area contributed by atoms with Gasteiger partial charge in [0.1, 0.15) is 11.3 Å². The Bertz CT molecular complexity index is 953. The molecule has 26 heavy (non-hydrogen) atoms. The zero-order valence-electron chi connectivity index (χ0n) is 15.2. The standard InChI is InChI=1S/C21H23NO4/c1-3-5-13-8-14-11-21(6-4-7-21)22-12-16(20(24)25)18(23)10-17(22)15(14)9-19(13)26-2/h8-10,12H,3-7,11H2,1-2H3,(H,24,25). The van der Waals surface area contributed by atoms with Gasteiger partial charge in [-0.2, -0.15) is 0 Å². The van der Waals surface area contributed by atoms with Crippen LogP contribution < -0.4 is 10.2 Å². The van der Waals surface area contributed by atoms with Crippen LogP contribution in [0.4, 0.5) is 0 Å². The molecule has 0 unspecified atom stereocenters. The minimum atomic E-state index is -1.17. The van der Waals surface area contributed by atoms with Gasteiger partial charge in [0.15, 0.2) is 5.43 Å². The van der Waals surface area contributed by atoms with Gasteiger partial charge in [-0.1, -0.05) is 19.4 Å². The Morgan fingerprint density at radius 3 is 2.65 bits per heavy atom. The average Bonchev–Trinajstić information content (AvgIpc) is 2.58. The summed E-state index contributed by atoms with van der Waals surface area (Å²) in [7, 11) is 1.66. The number of carboxylic acid groups (broad SMARTS) is 1. The quantitative estimate of drug-likeness (QED) is 0.912. The molecule has 0 atom stereocenters. The van der Waals surface area contributed by atoms with Crippen LogP contribution in [0.5, 0.6) is 5.75 Å². The molecule has 2 heterocycles. The summed E-state index contributed by atoms with van der Waals surface area (Å²) in [4.78, 5) is 23.8. The maximum absolute atomic E-state index is 12.4. The number of carboxylic acids is 1. The normalized spacial score (nSPS) is 16.5. The van der Waals surface area contributed by atoms with Crippen molar-refractivity contribution in [3.05, 3.63) is 51.3 Å². The van der Waals surface area contributed by atoms with E-state index in [1.54, 1.807) is 13.3 Å². The molecule has 1 aromatic heterocycles. The van der Waals surface area contributed by atoms with Crippen molar-refractivity contribution in [2.75, 3.05) is 7.11 Å². The van der Waals surface area contributed by atoms with Crippen LogP contribution >= 0.6 is 0 Å². The van der Waals surface area contributed by atoms with Crippen LogP contribution in [0, 0.1) is 0 Å². The largest absolute Gasteiger partial charge is 0.496 e. The monoisotopic (exact) mass is 353 g/mol. The van der Waals surface area contributed by atoms with Gasteiger partial charge in [-0.05, 0) is 49.3 Å². The predicted octanol–water partition coefficient (Wildman–Crippen LogP) is 3.61. The highest BCUT2D eigenvalue weighted by Gasteiger charge is 2.43. The lowest BCUT2D eigenvalue weighted by Crippen LogP contribution is -2.46. The molecule has 5 nitrogen and oxygen atoms in total. The topological polar surface area (TPSA) is 68.5 Å². The highest BCUT2D eigenvalue weighted by atomic mass is 16.5. The summed E-state index contributed by atoms with van der Waals surface area (Å²) in [5.74, 6) is -0.335. The first kappa shape index (κ1) is 16.9. The average molecular weight is 353 g/mol. The Kier molecular flexibility index (Phi) is 3.90. The summed E-state index contributed by atoms with van der Waals surface area (Å²) in [6, 6.07) is 5.72. The number of carbonyl (C=O) groups is 1. The summed E-state index contributed by atoms with van der Waals surface area (Å²) < 4.78 is 7.63. The lowest BCUT2D eigenvalue weighted by Gasteiger charge is -2.49. The van der Waals surface area contributed by atoms with Gasteiger partial charge in [-0.25, -0.2) is 4.79 Å². The molecule has 1 spiro atoms. The number of aromatic carboxylic acids is 1. The van der Waals surface area contributed by atoms with Crippen LogP contribution in [0.25, 0.3) is 11.3 Å². The van der Waals surface area contributed by atoms with Crippen molar-refractivity contribution in [2.24, 2.45) is 0 Å². The lowest BCUT2D eigenvalue weighted by atomic mass is 9.69. The molecule has 0 bridgehead atoms. The Morgan fingerprint density at radius 2 is 2.08 bits per heavy atom. The van der Waals surface area contributed by atoms with Crippen molar-refractivity contribution in [1.29, 1.82) is 0 Å². The summed E-state index contributed by atoms with van der Waals surface area (Å²) >= 11 is 0. The number of fused-ring (bicyclic) bond motifs is 4. The van der Waals surface area contributed by atoms with E-state index in [1.807, 2.05) is 10.6 Å². The van der Waals surface area contributed by atoms with E-state index in [0.717, 1.165) is 55.5 Å². The molecule has 136 valence electrons. The Morgan fingerprint density at radius 1 is 1.31 bits per heavy atom. The summed E-state index contributed by atoms with van der Waals surface area (Å²) in [6.07, 6.45) is 7.56. The number of pyridine rings is 1. The molecule has 0 amide bonds. The molecule has 1 aliphatic heterocycles. The molecule has 2 aliphatic rings. The predicted molar refractivity (Wildman–Crippen MR) is 99.2 cm³/mol. The third-order valence-corrected chi connectivity index (χ3v) is 5.90. The maximum Gasteiger partial charge on any atom is 0.341 e. The molecule has 1 aromatic carbocycles. The first-order chi connectivity index (χ1) is 12.5. The van der Waals surface area contributed by atoms with Crippen LogP contribution in [0.2, 0.25) is 0 Å². The van der Waals surface area contributed by atoms with Crippen LogP contribution in [0.1, 0.15) is 54.1 Å². The van der Waals surface area contributed by atoms with E-state index in [1.165, 1.54) is 17.2 Å². The SMILES string of the molecule is CCCc1cc2c(cc1OC)-c1cc(=O)c(C(=O)O)cn1C1(CCC1)C2. The van der Waals surface area contributed by atoms with Crippen molar-refractivity contribution in [3.8, 4) is 17.0 Å². The second kappa shape index (κ2) is 6.01. The van der Waals surface area contributed by atoms with Gasteiger partial charge < -0.3 is 14.4 Å². The number of hydrogen-bond donors (Lipinski definition) is 1. The van der Waals surface area contributed by atoms with Gasteiger partial charge in [0.25, 0.3) is 0 Å². The van der Waals surface area contributed by atoms with Gasteiger partial charge in [0.05, 0.1) is 12.8 Å². The van der Waals surface area contributed by atoms with Crippen LogP contribution in [-0.4, -0.2) is 22.8 Å². The van der Waals surface area contributed by atoms with Gasteiger partial charge in [0, 0.05) is 23.4 Å². The van der Waals surface area contributed by atoms with E-state index in [2.05, 4.69) is 13.0 Å². The molecule has 1 saturated carbocycles. The number of rotatable bonds is 4. The number of benzene rings is 1. The Hall–Kier alpha value is -2.56. The smallest absolute Gasteiger partial charge is 0.341 e. The summed E-state index contributed by atoms with van der Waals surface area (Å²) in [5, 5.41) is 9.37. The number of methoxy groups -OCH3 is 1. The molecular formula is C21H23NO4. The van der Waals surface area contributed by atoms with Crippen molar-refractivity contribution in [1.82, 2.24) is 4.57 Å². The molecular weight excluding hydrogens is 330 g/mol. The molecule has 5 heteroatoms. The maximum atomic E-state index is 12.4. The minimum Gasteiger partial charge on any atom is -0.496 e. The van der Waals surface area contributed by atoms with E-state index in [4.69, 9.17) is 4.74 Å². The molecule has 1 fully saturated rings. The van der Waals surface area contributed by atoms with Crippen LogP contribution in [-0.2, 0) is 18.4 Å². The molecule has 1 aliphatic carbocycles. The van der Waals surface area contributed by atoms with E-state index >= 15 is 0 Å². The number of aromatic nitrogens is 1. The fourth-order valence-corrected chi connectivity index (χ4v) is 4.45. The fraction of sp³-hybridized carbons (Fsp3) is 0.429. The van der Waals surface area contributed by atoms with E-state index in [-0.39, 0.29) is 11.1 Å².